The van der Waals surface area contributed by atoms with Gasteiger partial charge in [-0.25, -0.2) is 4.98 Å². The number of rotatable bonds is 3. The first-order valence-corrected chi connectivity index (χ1v) is 3.82. The van der Waals surface area contributed by atoms with E-state index in [4.69, 9.17) is 16.6 Å². The van der Waals surface area contributed by atoms with Gasteiger partial charge in [-0.15, -0.1) is 0 Å². The van der Waals surface area contributed by atoms with Crippen LogP contribution in [-0.4, -0.2) is 27.1 Å². The molecule has 0 unspecified atom stereocenters. The molecule has 0 aliphatic heterocycles. The van der Waals surface area contributed by atoms with Crippen LogP contribution in [0.25, 0.3) is 0 Å². The molecule has 0 radical (unpaired) electrons. The van der Waals surface area contributed by atoms with E-state index in [1.807, 2.05) is 0 Å². The van der Waals surface area contributed by atoms with Crippen molar-refractivity contribution in [1.82, 2.24) is 9.97 Å². The molecule has 7 nitrogen and oxygen atoms in total. The average molecular weight is 198 g/mol. The highest BCUT2D eigenvalue weighted by Gasteiger charge is 2.14. The smallest absolute Gasteiger partial charge is 0.320 e. The zero-order chi connectivity index (χ0) is 10.7. The van der Waals surface area contributed by atoms with Crippen molar-refractivity contribution in [3.05, 3.63) is 22.1 Å². The molecule has 0 amide bonds. The van der Waals surface area contributed by atoms with Gasteiger partial charge in [-0.2, -0.15) is 0 Å². The number of carboxylic acid groups (broad SMARTS) is 1. The number of nitrogens with one attached hydrogen (secondary N) is 1. The maximum Gasteiger partial charge on any atom is 0.320 e. The van der Waals surface area contributed by atoms with Crippen molar-refractivity contribution in [2.45, 2.75) is 12.5 Å². The highest BCUT2D eigenvalue weighted by molar-refractivity contribution is 5.73. The zero-order valence-electron chi connectivity index (χ0n) is 7.23. The lowest BCUT2D eigenvalue weighted by Gasteiger charge is -2.04. The van der Waals surface area contributed by atoms with E-state index in [-0.39, 0.29) is 17.9 Å². The summed E-state index contributed by atoms with van der Waals surface area (Å²) >= 11 is 0. The normalized spacial score (nSPS) is 12.4. The fourth-order valence-electron chi connectivity index (χ4n) is 0.905. The number of carbonyl (C=O) groups is 1. The molecule has 0 aliphatic carbocycles. The molecule has 0 spiro atoms. The van der Waals surface area contributed by atoms with Crippen molar-refractivity contribution in [1.29, 1.82) is 0 Å². The molecule has 1 heterocycles. The van der Waals surface area contributed by atoms with Crippen LogP contribution in [0.3, 0.4) is 0 Å². The number of H-pyrrole nitrogens is 1. The van der Waals surface area contributed by atoms with E-state index in [0.29, 0.717) is 0 Å². The van der Waals surface area contributed by atoms with E-state index in [1.54, 1.807) is 0 Å². The third-order valence-electron chi connectivity index (χ3n) is 1.65. The summed E-state index contributed by atoms with van der Waals surface area (Å²) in [4.78, 5) is 27.4. The lowest BCUT2D eigenvalue weighted by Crippen LogP contribution is -2.34. The summed E-state index contributed by atoms with van der Waals surface area (Å²) < 4.78 is 0. The summed E-state index contributed by atoms with van der Waals surface area (Å²) in [6, 6.07) is -1.11. The quantitative estimate of drug-likeness (QED) is 0.457. The minimum atomic E-state index is -1.17. The highest BCUT2D eigenvalue weighted by Crippen LogP contribution is 1.95. The van der Waals surface area contributed by atoms with Gasteiger partial charge in [-0.3, -0.25) is 14.6 Å². The van der Waals surface area contributed by atoms with Crippen LogP contribution in [-0.2, 0) is 11.2 Å². The Kier molecular flexibility index (Phi) is 2.82. The molecule has 1 aromatic heterocycles. The summed E-state index contributed by atoms with van der Waals surface area (Å²) in [6.45, 7) is 0. The molecule has 14 heavy (non-hydrogen) atoms. The molecule has 0 bridgehead atoms. The molecule has 0 fully saturated rings. The van der Waals surface area contributed by atoms with Crippen molar-refractivity contribution in [3.63, 3.8) is 0 Å². The van der Waals surface area contributed by atoms with Gasteiger partial charge in [0.2, 0.25) is 0 Å². The van der Waals surface area contributed by atoms with Gasteiger partial charge in [-0.1, -0.05) is 0 Å². The molecular formula is C7H10N4O3. The largest absolute Gasteiger partial charge is 0.480 e. The molecule has 0 saturated heterocycles. The number of nitrogens with two attached hydrogens (primary N) is 2. The van der Waals surface area contributed by atoms with Crippen LogP contribution in [0, 0.1) is 0 Å². The third-order valence-corrected chi connectivity index (χ3v) is 1.65. The van der Waals surface area contributed by atoms with Gasteiger partial charge in [0.25, 0.3) is 5.56 Å². The van der Waals surface area contributed by atoms with Crippen LogP contribution in [0.5, 0.6) is 0 Å². The number of nitrogen functional groups attached to an aromatic ring is 1. The summed E-state index contributed by atoms with van der Waals surface area (Å²) in [5.74, 6) is -1.18. The molecule has 1 aromatic rings. The third kappa shape index (κ3) is 2.30. The lowest BCUT2D eigenvalue weighted by molar-refractivity contribution is -0.138. The molecule has 1 rings (SSSR count). The van der Waals surface area contributed by atoms with Gasteiger partial charge >= 0.3 is 5.97 Å². The van der Waals surface area contributed by atoms with E-state index in [1.165, 1.54) is 6.20 Å². The number of hydrogen-bond donors (Lipinski definition) is 4. The number of aromatic amines is 1. The number of anilines is 1. The van der Waals surface area contributed by atoms with E-state index < -0.39 is 17.6 Å². The molecule has 0 aliphatic rings. The fourth-order valence-corrected chi connectivity index (χ4v) is 0.905. The predicted octanol–water partition coefficient (Wildman–Crippen LogP) is -1.69. The van der Waals surface area contributed by atoms with Crippen LogP contribution in [0.2, 0.25) is 0 Å². The first-order chi connectivity index (χ1) is 6.50. The molecule has 7 heteroatoms. The van der Waals surface area contributed by atoms with Gasteiger partial charge in [0.05, 0.1) is 0 Å². The number of aromatic nitrogens is 2. The summed E-state index contributed by atoms with van der Waals surface area (Å²) in [5.41, 5.74) is 10.2. The monoisotopic (exact) mass is 198 g/mol. The minimum Gasteiger partial charge on any atom is -0.480 e. The minimum absolute atomic E-state index is 0.0114. The Balaban J connectivity index is 2.88. The van der Waals surface area contributed by atoms with E-state index >= 15 is 0 Å². The van der Waals surface area contributed by atoms with Crippen LogP contribution in [0.15, 0.2) is 11.0 Å². The standard InChI is InChI=1S/C7H10N4O3/c8-4(6(13)14)1-3-2-10-7(9)11-5(3)12/h2,4H,1,8H2,(H,13,14)(H3,9,10,11,12)/t4-/m0/s1. The predicted molar refractivity (Wildman–Crippen MR) is 48.6 cm³/mol. The maximum atomic E-state index is 11.2. The average Bonchev–Trinajstić information content (AvgIpc) is 2.09. The van der Waals surface area contributed by atoms with Crippen LogP contribution >= 0.6 is 0 Å². The Hall–Kier alpha value is -1.89. The molecule has 76 valence electrons. The second-order valence-corrected chi connectivity index (χ2v) is 2.77. The molecule has 0 saturated carbocycles. The fraction of sp³-hybridized carbons (Fsp3) is 0.286. The Bertz CT molecular complexity index is 400. The number of aliphatic carboxylic acids is 1. The van der Waals surface area contributed by atoms with Gasteiger partial charge in [0.15, 0.2) is 5.95 Å². The molecular weight excluding hydrogens is 188 g/mol. The maximum absolute atomic E-state index is 11.2. The zero-order valence-corrected chi connectivity index (χ0v) is 7.23. The van der Waals surface area contributed by atoms with E-state index in [0.717, 1.165) is 0 Å². The highest BCUT2D eigenvalue weighted by atomic mass is 16.4. The summed E-state index contributed by atoms with van der Waals surface area (Å²) in [5, 5.41) is 8.51. The van der Waals surface area contributed by atoms with Crippen molar-refractivity contribution in [3.8, 4) is 0 Å². The summed E-state index contributed by atoms with van der Waals surface area (Å²) in [7, 11) is 0. The summed E-state index contributed by atoms with van der Waals surface area (Å²) in [6.07, 6.45) is 1.15. The Morgan fingerprint density at radius 2 is 2.36 bits per heavy atom. The van der Waals surface area contributed by atoms with Crippen molar-refractivity contribution >= 4 is 11.9 Å². The first kappa shape index (κ1) is 10.2. The topological polar surface area (TPSA) is 135 Å². The number of nitrogens with zero attached hydrogens (tertiary/aromatic N) is 1. The molecule has 1 atom stereocenters. The second kappa shape index (κ2) is 3.88. The van der Waals surface area contributed by atoms with Gasteiger partial charge < -0.3 is 16.6 Å². The second-order valence-electron chi connectivity index (χ2n) is 2.77. The van der Waals surface area contributed by atoms with E-state index in [9.17, 15) is 9.59 Å². The van der Waals surface area contributed by atoms with Crippen LogP contribution < -0.4 is 17.0 Å². The Morgan fingerprint density at radius 1 is 1.71 bits per heavy atom. The molecule has 0 aromatic carbocycles. The first-order valence-electron chi connectivity index (χ1n) is 3.82. The van der Waals surface area contributed by atoms with Crippen LogP contribution in [0.4, 0.5) is 5.95 Å². The Labute approximate surface area is 78.8 Å². The number of hydrogen-bond acceptors (Lipinski definition) is 5. The van der Waals surface area contributed by atoms with Crippen molar-refractivity contribution < 1.29 is 9.90 Å². The van der Waals surface area contributed by atoms with Gasteiger partial charge in [0, 0.05) is 18.2 Å². The lowest BCUT2D eigenvalue weighted by atomic mass is 10.1. The van der Waals surface area contributed by atoms with Gasteiger partial charge in [-0.05, 0) is 0 Å². The van der Waals surface area contributed by atoms with Gasteiger partial charge in [0.1, 0.15) is 6.04 Å². The number of carboxylic acids is 1. The SMILES string of the molecule is Nc1ncc(C[C@H](N)C(=O)O)c(=O)[nH]1. The van der Waals surface area contributed by atoms with Crippen molar-refractivity contribution in [2.24, 2.45) is 5.73 Å². The van der Waals surface area contributed by atoms with Crippen LogP contribution in [0.1, 0.15) is 5.56 Å². The van der Waals surface area contributed by atoms with E-state index in [2.05, 4.69) is 9.97 Å². The van der Waals surface area contributed by atoms with Crippen molar-refractivity contribution in [2.75, 3.05) is 5.73 Å². The Morgan fingerprint density at radius 3 is 2.86 bits per heavy atom. The molecule has 6 N–H and O–H groups in total.